The average Bonchev–Trinajstić information content (AvgIpc) is 2.51. The second-order valence-electron chi connectivity index (χ2n) is 4.83. The number of pyridine rings is 2. The minimum Gasteiger partial charge on any atom is -0.385 e. The van der Waals surface area contributed by atoms with Crippen molar-refractivity contribution in [3.8, 4) is 0 Å². The monoisotopic (exact) mass is 263 g/mol. The van der Waals surface area contributed by atoms with Gasteiger partial charge in [-0.2, -0.15) is 0 Å². The van der Waals surface area contributed by atoms with Crippen LogP contribution in [0.1, 0.15) is 24.0 Å². The molecule has 3 heterocycles. The molecular formula is C17H17N3. The van der Waals surface area contributed by atoms with Crippen LogP contribution in [0.3, 0.4) is 0 Å². The third-order valence-corrected chi connectivity index (χ3v) is 3.31. The molecule has 1 saturated heterocycles. The van der Waals surface area contributed by atoms with Crippen LogP contribution in [-0.2, 0) is 0 Å². The second kappa shape index (κ2) is 6.15. The van der Waals surface area contributed by atoms with E-state index < -0.39 is 0 Å². The van der Waals surface area contributed by atoms with Gasteiger partial charge in [0.15, 0.2) is 0 Å². The zero-order valence-electron chi connectivity index (χ0n) is 11.3. The molecule has 0 saturated carbocycles. The van der Waals surface area contributed by atoms with Gasteiger partial charge in [-0.15, -0.1) is 0 Å². The van der Waals surface area contributed by atoms with Crippen molar-refractivity contribution in [3.63, 3.8) is 0 Å². The Morgan fingerprint density at radius 1 is 0.950 bits per heavy atom. The maximum absolute atomic E-state index is 4.16. The summed E-state index contributed by atoms with van der Waals surface area (Å²) in [5, 5.41) is 3.48. The number of hydrogen-bond acceptors (Lipinski definition) is 3. The fourth-order valence-electron chi connectivity index (χ4n) is 2.33. The van der Waals surface area contributed by atoms with Crippen LogP contribution in [0.5, 0.6) is 0 Å². The Bertz CT molecular complexity index is 558. The highest BCUT2D eigenvalue weighted by molar-refractivity contribution is 5.65. The second-order valence-corrected chi connectivity index (χ2v) is 4.83. The van der Waals surface area contributed by atoms with Crippen molar-refractivity contribution in [2.75, 3.05) is 6.54 Å². The predicted molar refractivity (Wildman–Crippen MR) is 81.7 cm³/mol. The van der Waals surface area contributed by atoms with Crippen LogP contribution >= 0.6 is 0 Å². The van der Waals surface area contributed by atoms with E-state index in [1.165, 1.54) is 11.3 Å². The fraction of sp³-hybridized carbons (Fsp3) is 0.176. The summed E-state index contributed by atoms with van der Waals surface area (Å²) in [5.41, 5.74) is 4.78. The van der Waals surface area contributed by atoms with Crippen LogP contribution in [0.15, 0.2) is 60.3 Å². The van der Waals surface area contributed by atoms with Gasteiger partial charge in [0, 0.05) is 37.0 Å². The zero-order valence-corrected chi connectivity index (χ0v) is 11.3. The molecule has 3 nitrogen and oxygen atoms in total. The molecule has 1 aliphatic heterocycles. The number of aromatic nitrogens is 2. The van der Waals surface area contributed by atoms with Crippen molar-refractivity contribution in [2.24, 2.45) is 0 Å². The minimum atomic E-state index is 1.02. The van der Waals surface area contributed by atoms with Crippen molar-refractivity contribution < 1.29 is 0 Å². The highest BCUT2D eigenvalue weighted by atomic mass is 14.9. The van der Waals surface area contributed by atoms with E-state index >= 15 is 0 Å². The summed E-state index contributed by atoms with van der Waals surface area (Å²) < 4.78 is 0. The number of rotatable bonds is 2. The fourth-order valence-corrected chi connectivity index (χ4v) is 2.33. The quantitative estimate of drug-likeness (QED) is 0.903. The molecule has 1 fully saturated rings. The number of piperidine rings is 1. The first kappa shape index (κ1) is 12.6. The molecule has 0 radical (unpaired) electrons. The van der Waals surface area contributed by atoms with E-state index in [9.17, 15) is 0 Å². The van der Waals surface area contributed by atoms with Crippen LogP contribution in [0.4, 0.5) is 0 Å². The molecule has 2 aromatic heterocycles. The lowest BCUT2D eigenvalue weighted by molar-refractivity contribution is 0.676. The van der Waals surface area contributed by atoms with Crippen LogP contribution in [0.2, 0.25) is 0 Å². The third kappa shape index (κ3) is 3.12. The number of allylic oxidation sites excluding steroid dienone is 1. The van der Waals surface area contributed by atoms with Crippen molar-refractivity contribution in [2.45, 2.75) is 12.8 Å². The largest absolute Gasteiger partial charge is 0.385 e. The van der Waals surface area contributed by atoms with E-state index in [1.54, 1.807) is 12.4 Å². The lowest BCUT2D eigenvalue weighted by atomic mass is 9.99. The summed E-state index contributed by atoms with van der Waals surface area (Å²) in [6.07, 6.45) is 14.0. The van der Waals surface area contributed by atoms with Crippen LogP contribution in [0, 0.1) is 0 Å². The van der Waals surface area contributed by atoms with Crippen molar-refractivity contribution >= 4 is 12.2 Å². The lowest BCUT2D eigenvalue weighted by Gasteiger charge is -2.20. The average molecular weight is 263 g/mol. The van der Waals surface area contributed by atoms with Gasteiger partial charge < -0.3 is 5.32 Å². The van der Waals surface area contributed by atoms with Gasteiger partial charge in [-0.25, -0.2) is 0 Å². The summed E-state index contributed by atoms with van der Waals surface area (Å²) in [5.74, 6) is 0. The first-order valence-electron chi connectivity index (χ1n) is 6.88. The molecule has 0 amide bonds. The van der Waals surface area contributed by atoms with E-state index in [1.807, 2.05) is 24.5 Å². The van der Waals surface area contributed by atoms with Crippen molar-refractivity contribution in [1.82, 2.24) is 15.3 Å². The van der Waals surface area contributed by atoms with Crippen LogP contribution in [0.25, 0.3) is 12.2 Å². The van der Waals surface area contributed by atoms with E-state index in [-0.39, 0.29) is 0 Å². The Hall–Kier alpha value is -2.42. The molecule has 2 aromatic rings. The van der Waals surface area contributed by atoms with Crippen LogP contribution in [-0.4, -0.2) is 16.5 Å². The predicted octanol–water partition coefficient (Wildman–Crippen LogP) is 3.28. The molecule has 0 aliphatic carbocycles. The van der Waals surface area contributed by atoms with Gasteiger partial charge in [0.05, 0.1) is 0 Å². The highest BCUT2D eigenvalue weighted by Crippen LogP contribution is 2.23. The highest BCUT2D eigenvalue weighted by Gasteiger charge is 2.11. The zero-order chi connectivity index (χ0) is 13.6. The maximum Gasteiger partial charge on any atom is 0.0379 e. The van der Waals surface area contributed by atoms with E-state index in [2.05, 4.69) is 39.6 Å². The first-order valence-corrected chi connectivity index (χ1v) is 6.88. The number of nitrogens with one attached hydrogen (secondary N) is 1. The lowest BCUT2D eigenvalue weighted by Crippen LogP contribution is -2.21. The van der Waals surface area contributed by atoms with Gasteiger partial charge in [-0.1, -0.05) is 12.1 Å². The number of hydrogen-bond donors (Lipinski definition) is 1. The van der Waals surface area contributed by atoms with Gasteiger partial charge in [-0.3, -0.25) is 9.97 Å². The topological polar surface area (TPSA) is 37.8 Å². The molecule has 0 spiro atoms. The molecule has 0 bridgehead atoms. The Balaban J connectivity index is 1.92. The normalized spacial score (nSPS) is 19.0. The van der Waals surface area contributed by atoms with Gasteiger partial charge in [0.2, 0.25) is 0 Å². The summed E-state index contributed by atoms with van der Waals surface area (Å²) in [6.45, 7) is 1.02. The summed E-state index contributed by atoms with van der Waals surface area (Å²) >= 11 is 0. The molecule has 0 aromatic carbocycles. The van der Waals surface area contributed by atoms with Gasteiger partial charge in [0.1, 0.15) is 0 Å². The molecule has 1 N–H and O–H groups in total. The smallest absolute Gasteiger partial charge is 0.0379 e. The van der Waals surface area contributed by atoms with Gasteiger partial charge in [-0.05, 0) is 53.8 Å². The van der Waals surface area contributed by atoms with Crippen molar-refractivity contribution in [3.05, 3.63) is 71.4 Å². The summed E-state index contributed by atoms with van der Waals surface area (Å²) in [7, 11) is 0. The van der Waals surface area contributed by atoms with E-state index in [4.69, 9.17) is 0 Å². The summed E-state index contributed by atoms with van der Waals surface area (Å²) in [4.78, 5) is 8.32. The maximum atomic E-state index is 4.16. The van der Waals surface area contributed by atoms with Gasteiger partial charge in [0.25, 0.3) is 0 Å². The Morgan fingerprint density at radius 2 is 1.65 bits per heavy atom. The van der Waals surface area contributed by atoms with Crippen molar-refractivity contribution in [1.29, 1.82) is 0 Å². The molecule has 20 heavy (non-hydrogen) atoms. The first-order chi connectivity index (χ1) is 9.92. The van der Waals surface area contributed by atoms with E-state index in [0.29, 0.717) is 0 Å². The van der Waals surface area contributed by atoms with Gasteiger partial charge >= 0.3 is 0 Å². The Labute approximate surface area is 119 Å². The third-order valence-electron chi connectivity index (χ3n) is 3.31. The van der Waals surface area contributed by atoms with Crippen LogP contribution < -0.4 is 5.32 Å². The molecule has 3 rings (SSSR count). The molecule has 1 aliphatic rings. The molecule has 100 valence electrons. The minimum absolute atomic E-state index is 1.02. The SMILES string of the molecule is C(=C1CCCNC1=Cc1cccnc1)c1cccnc1. The molecule has 0 atom stereocenters. The molecule has 3 heteroatoms. The standard InChI is InChI=1S/C17H17N3/c1-4-14(12-18-7-1)10-16-6-3-9-20-17(16)11-15-5-2-8-19-13-15/h1-2,4-5,7-8,10-13,20H,3,6,9H2. The Morgan fingerprint density at radius 3 is 2.30 bits per heavy atom. The van der Waals surface area contributed by atoms with E-state index in [0.717, 1.165) is 30.5 Å². The number of nitrogens with zero attached hydrogens (tertiary/aromatic N) is 2. The molecule has 0 unspecified atom stereocenters. The Kier molecular flexibility index (Phi) is 3.88. The molecular weight excluding hydrogens is 246 g/mol. The summed E-state index contributed by atoms with van der Waals surface area (Å²) in [6, 6.07) is 8.07.